The predicted molar refractivity (Wildman–Crippen MR) is 99.5 cm³/mol. The summed E-state index contributed by atoms with van der Waals surface area (Å²) in [6.45, 7) is 0. The summed E-state index contributed by atoms with van der Waals surface area (Å²) in [6, 6.07) is 18.8. The van der Waals surface area contributed by atoms with E-state index < -0.39 is 6.04 Å². The van der Waals surface area contributed by atoms with Crippen LogP contribution in [-0.4, -0.2) is 15.1 Å². The van der Waals surface area contributed by atoms with Gasteiger partial charge in [0.1, 0.15) is 17.1 Å². The van der Waals surface area contributed by atoms with Crippen molar-refractivity contribution in [2.75, 3.05) is 5.32 Å². The SMILES string of the molecule is Oc1c(C(Nc2cccc(F)c2)c2ccccn2)ccc2cccnc12. The summed E-state index contributed by atoms with van der Waals surface area (Å²) in [5, 5.41) is 14.9. The maximum atomic E-state index is 13.6. The number of hydrogen-bond acceptors (Lipinski definition) is 4. The molecule has 0 aliphatic carbocycles. The van der Waals surface area contributed by atoms with E-state index in [1.54, 1.807) is 24.5 Å². The van der Waals surface area contributed by atoms with Crippen molar-refractivity contribution < 1.29 is 9.50 Å². The van der Waals surface area contributed by atoms with E-state index in [0.717, 1.165) is 5.39 Å². The van der Waals surface area contributed by atoms with E-state index in [9.17, 15) is 9.50 Å². The van der Waals surface area contributed by atoms with Crippen molar-refractivity contribution in [1.82, 2.24) is 9.97 Å². The Morgan fingerprint density at radius 2 is 1.77 bits per heavy atom. The third-order valence-corrected chi connectivity index (χ3v) is 4.21. The minimum absolute atomic E-state index is 0.0858. The van der Waals surface area contributed by atoms with Gasteiger partial charge in [0.2, 0.25) is 0 Å². The zero-order chi connectivity index (χ0) is 17.9. The van der Waals surface area contributed by atoms with Crippen LogP contribution in [0.15, 0.2) is 79.1 Å². The van der Waals surface area contributed by atoms with Gasteiger partial charge in [-0.15, -0.1) is 0 Å². The number of aromatic hydroxyl groups is 1. The van der Waals surface area contributed by atoms with Crippen molar-refractivity contribution in [3.05, 3.63) is 96.2 Å². The first-order valence-electron chi connectivity index (χ1n) is 8.22. The van der Waals surface area contributed by atoms with E-state index in [2.05, 4.69) is 15.3 Å². The number of fused-ring (bicyclic) bond motifs is 1. The fourth-order valence-electron chi connectivity index (χ4n) is 2.98. The number of nitrogens with zero attached hydrogens (tertiary/aromatic N) is 2. The molecule has 0 bridgehead atoms. The molecule has 0 aliphatic rings. The van der Waals surface area contributed by atoms with Crippen molar-refractivity contribution in [2.24, 2.45) is 0 Å². The number of pyridine rings is 2. The van der Waals surface area contributed by atoms with Gasteiger partial charge < -0.3 is 10.4 Å². The van der Waals surface area contributed by atoms with Crippen molar-refractivity contribution in [1.29, 1.82) is 0 Å². The summed E-state index contributed by atoms with van der Waals surface area (Å²) in [5.74, 6) is -0.248. The first-order valence-corrected chi connectivity index (χ1v) is 8.22. The summed E-state index contributed by atoms with van der Waals surface area (Å²) >= 11 is 0. The Morgan fingerprint density at radius 3 is 2.58 bits per heavy atom. The quantitative estimate of drug-likeness (QED) is 0.564. The molecule has 5 heteroatoms. The smallest absolute Gasteiger partial charge is 0.147 e. The normalized spacial score (nSPS) is 12.0. The van der Waals surface area contributed by atoms with E-state index in [-0.39, 0.29) is 11.6 Å². The maximum absolute atomic E-state index is 13.6. The van der Waals surface area contributed by atoms with Crippen molar-refractivity contribution in [2.45, 2.75) is 6.04 Å². The van der Waals surface area contributed by atoms with Gasteiger partial charge in [0.05, 0.1) is 11.7 Å². The molecule has 0 radical (unpaired) electrons. The van der Waals surface area contributed by atoms with Crippen LogP contribution >= 0.6 is 0 Å². The summed E-state index contributed by atoms with van der Waals surface area (Å²) in [7, 11) is 0. The highest BCUT2D eigenvalue weighted by Crippen LogP contribution is 2.35. The molecule has 26 heavy (non-hydrogen) atoms. The molecule has 2 heterocycles. The zero-order valence-electron chi connectivity index (χ0n) is 13.8. The van der Waals surface area contributed by atoms with E-state index >= 15 is 0 Å². The number of phenolic OH excluding ortho intramolecular Hbond substituents is 1. The van der Waals surface area contributed by atoms with Crippen LogP contribution in [0.4, 0.5) is 10.1 Å². The van der Waals surface area contributed by atoms with Crippen LogP contribution in [0.1, 0.15) is 17.3 Å². The molecule has 0 saturated carbocycles. The molecule has 1 unspecified atom stereocenters. The first-order chi connectivity index (χ1) is 12.7. The van der Waals surface area contributed by atoms with E-state index in [4.69, 9.17) is 0 Å². The van der Waals surface area contributed by atoms with E-state index in [1.165, 1.54) is 12.1 Å². The number of nitrogens with one attached hydrogen (secondary N) is 1. The Hall–Kier alpha value is -3.47. The lowest BCUT2D eigenvalue weighted by atomic mass is 9.99. The second-order valence-electron chi connectivity index (χ2n) is 5.92. The predicted octanol–water partition coefficient (Wildman–Crippen LogP) is 4.68. The molecule has 0 fully saturated rings. The van der Waals surface area contributed by atoms with Crippen LogP contribution in [0.25, 0.3) is 10.9 Å². The van der Waals surface area contributed by atoms with Crippen molar-refractivity contribution in [3.8, 4) is 5.75 Å². The molecule has 4 aromatic rings. The lowest BCUT2D eigenvalue weighted by Gasteiger charge is -2.21. The summed E-state index contributed by atoms with van der Waals surface area (Å²) < 4.78 is 13.6. The van der Waals surface area contributed by atoms with Gasteiger partial charge in [-0.05, 0) is 36.4 Å². The number of benzene rings is 2. The van der Waals surface area contributed by atoms with Gasteiger partial charge in [-0.25, -0.2) is 4.39 Å². The third kappa shape index (κ3) is 3.07. The highest BCUT2D eigenvalue weighted by atomic mass is 19.1. The van der Waals surface area contributed by atoms with Gasteiger partial charge in [0.15, 0.2) is 0 Å². The molecule has 2 N–H and O–H groups in total. The van der Waals surface area contributed by atoms with Crippen LogP contribution in [0.5, 0.6) is 5.75 Å². The topological polar surface area (TPSA) is 58.0 Å². The van der Waals surface area contributed by atoms with E-state index in [0.29, 0.717) is 22.5 Å². The Balaban J connectivity index is 1.84. The lowest BCUT2D eigenvalue weighted by Crippen LogP contribution is -2.14. The monoisotopic (exact) mass is 345 g/mol. The van der Waals surface area contributed by atoms with Gasteiger partial charge in [-0.1, -0.05) is 30.3 Å². The summed E-state index contributed by atoms with van der Waals surface area (Å²) in [6.07, 6.45) is 3.33. The number of phenols is 1. The van der Waals surface area contributed by atoms with Gasteiger partial charge in [-0.2, -0.15) is 0 Å². The Morgan fingerprint density at radius 1 is 0.885 bits per heavy atom. The molecule has 1 atom stereocenters. The highest BCUT2D eigenvalue weighted by molar-refractivity contribution is 5.85. The minimum Gasteiger partial charge on any atom is -0.505 e. The zero-order valence-corrected chi connectivity index (χ0v) is 13.8. The summed E-state index contributed by atoms with van der Waals surface area (Å²) in [5.41, 5.74) is 2.45. The molecule has 4 nitrogen and oxygen atoms in total. The minimum atomic E-state index is -0.454. The molecule has 0 saturated heterocycles. The van der Waals surface area contributed by atoms with Gasteiger partial charge in [-0.3, -0.25) is 9.97 Å². The molecule has 2 aromatic carbocycles. The molecule has 2 aromatic heterocycles. The average molecular weight is 345 g/mol. The van der Waals surface area contributed by atoms with Crippen LogP contribution in [-0.2, 0) is 0 Å². The second-order valence-corrected chi connectivity index (χ2v) is 5.92. The summed E-state index contributed by atoms with van der Waals surface area (Å²) in [4.78, 5) is 8.69. The fraction of sp³-hybridized carbons (Fsp3) is 0.0476. The Labute approximate surface area is 150 Å². The van der Waals surface area contributed by atoms with Crippen LogP contribution in [0, 0.1) is 5.82 Å². The molecule has 4 rings (SSSR count). The fourth-order valence-corrected chi connectivity index (χ4v) is 2.98. The number of halogens is 1. The second kappa shape index (κ2) is 6.80. The molecule has 128 valence electrons. The van der Waals surface area contributed by atoms with Gasteiger partial charge >= 0.3 is 0 Å². The lowest BCUT2D eigenvalue weighted by molar-refractivity contribution is 0.471. The molecular formula is C21H16FN3O. The van der Waals surface area contributed by atoms with E-state index in [1.807, 2.05) is 42.5 Å². The highest BCUT2D eigenvalue weighted by Gasteiger charge is 2.21. The first kappa shape index (κ1) is 16.0. The average Bonchev–Trinajstić information content (AvgIpc) is 2.68. The van der Waals surface area contributed by atoms with Gasteiger partial charge in [0, 0.05) is 29.0 Å². The molecular weight excluding hydrogens is 329 g/mol. The van der Waals surface area contributed by atoms with Crippen LogP contribution in [0.3, 0.4) is 0 Å². The number of hydrogen-bond donors (Lipinski definition) is 2. The molecule has 0 spiro atoms. The van der Waals surface area contributed by atoms with Gasteiger partial charge in [0.25, 0.3) is 0 Å². The maximum Gasteiger partial charge on any atom is 0.147 e. The molecule has 0 amide bonds. The van der Waals surface area contributed by atoms with Crippen molar-refractivity contribution in [3.63, 3.8) is 0 Å². The van der Waals surface area contributed by atoms with Crippen LogP contribution in [0.2, 0.25) is 0 Å². The van der Waals surface area contributed by atoms with Crippen molar-refractivity contribution >= 4 is 16.6 Å². The number of aromatic nitrogens is 2. The third-order valence-electron chi connectivity index (χ3n) is 4.21. The van der Waals surface area contributed by atoms with Crippen LogP contribution < -0.4 is 5.32 Å². The number of rotatable bonds is 4. The standard InChI is InChI=1S/C21H16FN3O/c22-15-6-3-7-16(13-15)25-20(18-8-1-2-11-23-18)17-10-9-14-5-4-12-24-19(14)21(17)26/h1-13,20,25-26H. The Kier molecular flexibility index (Phi) is 4.19. The largest absolute Gasteiger partial charge is 0.505 e. The number of anilines is 1. The molecule has 0 aliphatic heterocycles. The Bertz CT molecular complexity index is 1050.